The maximum Gasteiger partial charge on any atom is 0.171 e. The van der Waals surface area contributed by atoms with Crippen LogP contribution in [0.25, 0.3) is 5.65 Å². The maximum atomic E-state index is 6.08. The van der Waals surface area contributed by atoms with Crippen molar-refractivity contribution < 1.29 is 0 Å². The summed E-state index contributed by atoms with van der Waals surface area (Å²) in [6.45, 7) is 0. The highest BCUT2D eigenvalue weighted by molar-refractivity contribution is 9.10. The van der Waals surface area contributed by atoms with E-state index in [0.717, 1.165) is 41.6 Å². The number of rotatable bonds is 2. The molecule has 0 unspecified atom stereocenters. The number of nitrogens with two attached hydrogens (primary N) is 1. The lowest BCUT2D eigenvalue weighted by molar-refractivity contribution is 0.665. The van der Waals surface area contributed by atoms with Crippen LogP contribution in [0.1, 0.15) is 49.8 Å². The summed E-state index contributed by atoms with van der Waals surface area (Å²) in [6, 6.07) is 0.797. The minimum absolute atomic E-state index is 0.335. The molecule has 0 saturated heterocycles. The molecule has 1 spiro atoms. The van der Waals surface area contributed by atoms with Crippen LogP contribution in [0.4, 0.5) is 5.82 Å². The summed E-state index contributed by atoms with van der Waals surface area (Å²) >= 11 is 3.60. The Morgan fingerprint density at radius 3 is 2.91 bits per heavy atom. The molecule has 0 bridgehead atoms. The van der Waals surface area contributed by atoms with Crippen LogP contribution in [0.5, 0.6) is 0 Å². The van der Waals surface area contributed by atoms with Gasteiger partial charge >= 0.3 is 0 Å². The van der Waals surface area contributed by atoms with Gasteiger partial charge in [-0.2, -0.15) is 9.61 Å². The molecule has 0 amide bonds. The molecular formula is C16H20BrN5. The van der Waals surface area contributed by atoms with Gasteiger partial charge in [-0.25, -0.2) is 4.98 Å². The van der Waals surface area contributed by atoms with Crippen molar-refractivity contribution in [3.63, 3.8) is 0 Å². The summed E-state index contributed by atoms with van der Waals surface area (Å²) in [5.41, 5.74) is 10.1. The molecule has 6 heteroatoms. The van der Waals surface area contributed by atoms with E-state index in [1.165, 1.54) is 30.5 Å². The summed E-state index contributed by atoms with van der Waals surface area (Å²) in [7, 11) is 0. The van der Waals surface area contributed by atoms with Gasteiger partial charge in [0.1, 0.15) is 5.82 Å². The Bertz CT molecular complexity index is 763. The number of nitrogens with zero attached hydrogens (tertiary/aromatic N) is 3. The van der Waals surface area contributed by atoms with Crippen LogP contribution in [-0.4, -0.2) is 26.7 Å². The van der Waals surface area contributed by atoms with Crippen molar-refractivity contribution in [2.75, 3.05) is 5.32 Å². The Morgan fingerprint density at radius 2 is 2.18 bits per heavy atom. The average molecular weight is 362 g/mol. The molecule has 2 heterocycles. The molecule has 3 aliphatic carbocycles. The van der Waals surface area contributed by atoms with Crippen molar-refractivity contribution >= 4 is 27.4 Å². The Kier molecular flexibility index (Phi) is 2.69. The first-order valence-electron chi connectivity index (χ1n) is 8.25. The fourth-order valence-electron chi connectivity index (χ4n) is 4.28. The van der Waals surface area contributed by atoms with Crippen LogP contribution in [0.3, 0.4) is 0 Å². The molecule has 0 radical (unpaired) electrons. The lowest BCUT2D eigenvalue weighted by atomic mass is 10.0. The number of hydrogen-bond donors (Lipinski definition) is 2. The first kappa shape index (κ1) is 13.3. The van der Waals surface area contributed by atoms with E-state index in [1.54, 1.807) is 0 Å². The zero-order valence-electron chi connectivity index (χ0n) is 12.5. The number of hydrogen-bond acceptors (Lipinski definition) is 4. The highest BCUT2D eigenvalue weighted by Gasteiger charge is 2.51. The van der Waals surface area contributed by atoms with Crippen LogP contribution < -0.4 is 11.1 Å². The number of anilines is 1. The molecule has 5 nitrogen and oxygen atoms in total. The van der Waals surface area contributed by atoms with Crippen molar-refractivity contribution in [2.24, 2.45) is 5.73 Å². The van der Waals surface area contributed by atoms with E-state index in [9.17, 15) is 0 Å². The second kappa shape index (κ2) is 4.45. The molecule has 0 aliphatic heterocycles. The monoisotopic (exact) mass is 361 g/mol. The van der Waals surface area contributed by atoms with Crippen molar-refractivity contribution in [1.29, 1.82) is 0 Å². The van der Waals surface area contributed by atoms with Gasteiger partial charge in [0, 0.05) is 23.1 Å². The van der Waals surface area contributed by atoms with Gasteiger partial charge in [-0.1, -0.05) is 0 Å². The van der Waals surface area contributed by atoms with Crippen LogP contribution in [-0.2, 0) is 11.8 Å². The Balaban J connectivity index is 1.65. The quantitative estimate of drug-likeness (QED) is 0.862. The van der Waals surface area contributed by atoms with Gasteiger partial charge in [-0.3, -0.25) is 0 Å². The third kappa shape index (κ3) is 1.80. The number of fused-ring (bicyclic) bond motifs is 3. The Morgan fingerprint density at radius 1 is 1.32 bits per heavy atom. The molecule has 2 fully saturated rings. The molecule has 2 aromatic rings. The van der Waals surface area contributed by atoms with Gasteiger partial charge in [0.2, 0.25) is 0 Å². The van der Waals surface area contributed by atoms with E-state index in [2.05, 4.69) is 26.3 Å². The topological polar surface area (TPSA) is 68.2 Å². The molecule has 3 N–H and O–H groups in total. The summed E-state index contributed by atoms with van der Waals surface area (Å²) in [4.78, 5) is 4.97. The average Bonchev–Trinajstić information content (AvgIpc) is 2.81. The fraction of sp³-hybridized carbons (Fsp3) is 0.625. The van der Waals surface area contributed by atoms with Crippen molar-refractivity contribution in [2.45, 2.75) is 62.4 Å². The third-order valence-electron chi connectivity index (χ3n) is 5.73. The normalized spacial score (nSPS) is 28.5. The molecule has 3 aliphatic rings. The SMILES string of the molecule is N[C@H]1CC[C@H](Nc2c3c(nc4c(Br)cnn24)C2(CC3)CC2)C1. The van der Waals surface area contributed by atoms with Gasteiger partial charge in [0.05, 0.1) is 16.4 Å². The minimum atomic E-state index is 0.335. The van der Waals surface area contributed by atoms with E-state index in [-0.39, 0.29) is 0 Å². The maximum absolute atomic E-state index is 6.08. The standard InChI is InChI=1S/C16H20BrN5/c17-12-8-19-22-14(20-10-2-1-9(18)7-10)11-3-4-16(5-6-16)13(11)21-15(12)22/h8-10,20H,1-7,18H2/t9-,10-/m0/s1. The molecular weight excluding hydrogens is 342 g/mol. The lowest BCUT2D eigenvalue weighted by Gasteiger charge is -2.19. The number of halogens is 1. The fourth-order valence-corrected chi connectivity index (χ4v) is 4.63. The molecule has 22 heavy (non-hydrogen) atoms. The first-order valence-corrected chi connectivity index (χ1v) is 9.04. The van der Waals surface area contributed by atoms with Crippen LogP contribution in [0.15, 0.2) is 10.7 Å². The molecule has 116 valence electrons. The van der Waals surface area contributed by atoms with E-state index >= 15 is 0 Å². The van der Waals surface area contributed by atoms with Gasteiger partial charge in [0.15, 0.2) is 5.65 Å². The lowest BCUT2D eigenvalue weighted by Crippen LogP contribution is -2.23. The van der Waals surface area contributed by atoms with Crippen LogP contribution >= 0.6 is 15.9 Å². The second-order valence-corrected chi connectivity index (χ2v) is 8.06. The van der Waals surface area contributed by atoms with Gasteiger partial charge in [-0.15, -0.1) is 0 Å². The van der Waals surface area contributed by atoms with Crippen molar-refractivity contribution in [1.82, 2.24) is 14.6 Å². The summed E-state index contributed by atoms with van der Waals surface area (Å²) < 4.78 is 2.96. The summed E-state index contributed by atoms with van der Waals surface area (Å²) in [5.74, 6) is 1.16. The third-order valence-corrected chi connectivity index (χ3v) is 6.28. The van der Waals surface area contributed by atoms with Crippen molar-refractivity contribution in [3.8, 4) is 0 Å². The number of nitrogens with one attached hydrogen (secondary N) is 1. The second-order valence-electron chi connectivity index (χ2n) is 7.21. The van der Waals surface area contributed by atoms with Gasteiger partial charge < -0.3 is 11.1 Å². The molecule has 2 atom stereocenters. The van der Waals surface area contributed by atoms with Crippen LogP contribution in [0.2, 0.25) is 0 Å². The smallest absolute Gasteiger partial charge is 0.171 e. The molecule has 0 aromatic carbocycles. The highest BCUT2D eigenvalue weighted by Crippen LogP contribution is 2.57. The van der Waals surface area contributed by atoms with Crippen LogP contribution in [0, 0.1) is 0 Å². The van der Waals surface area contributed by atoms with E-state index in [0.29, 0.717) is 17.5 Å². The number of aromatic nitrogens is 3. The predicted octanol–water partition coefficient (Wildman–Crippen LogP) is 2.76. The summed E-state index contributed by atoms with van der Waals surface area (Å²) in [6.07, 6.45) is 10.1. The molecule has 2 aromatic heterocycles. The molecule has 2 saturated carbocycles. The van der Waals surface area contributed by atoms with Gasteiger partial charge in [0.25, 0.3) is 0 Å². The van der Waals surface area contributed by atoms with Crippen molar-refractivity contribution in [3.05, 3.63) is 21.9 Å². The van der Waals surface area contributed by atoms with E-state index in [4.69, 9.17) is 10.7 Å². The van der Waals surface area contributed by atoms with E-state index < -0.39 is 0 Å². The highest BCUT2D eigenvalue weighted by atomic mass is 79.9. The predicted molar refractivity (Wildman–Crippen MR) is 89.2 cm³/mol. The zero-order valence-corrected chi connectivity index (χ0v) is 14.1. The minimum Gasteiger partial charge on any atom is -0.367 e. The summed E-state index contributed by atoms with van der Waals surface area (Å²) in [5, 5.41) is 8.29. The first-order chi connectivity index (χ1) is 10.7. The Hall–Kier alpha value is -1.14. The largest absolute Gasteiger partial charge is 0.367 e. The zero-order chi connectivity index (χ0) is 14.9. The van der Waals surface area contributed by atoms with Gasteiger partial charge in [-0.05, 0) is 60.9 Å². The van der Waals surface area contributed by atoms with E-state index in [1.807, 2.05) is 10.7 Å². The molecule has 5 rings (SSSR count). The Labute approximate surface area is 137 Å².